The van der Waals surface area contributed by atoms with Crippen molar-refractivity contribution in [3.63, 3.8) is 0 Å². The average molecular weight is 354 g/mol. The third kappa shape index (κ3) is 3.03. The zero-order valence-corrected chi connectivity index (χ0v) is 15.2. The molecule has 0 spiro atoms. The highest BCUT2D eigenvalue weighted by Gasteiger charge is 2.29. The number of benzene rings is 4. The summed E-state index contributed by atoms with van der Waals surface area (Å²) >= 11 is 0. The predicted octanol–water partition coefficient (Wildman–Crippen LogP) is 4.99. The van der Waals surface area contributed by atoms with Gasteiger partial charge in [-0.2, -0.15) is 0 Å². The molecule has 4 aromatic rings. The maximum atomic E-state index is 14.4. The molecule has 0 radical (unpaired) electrons. The van der Waals surface area contributed by atoms with Crippen molar-refractivity contribution in [1.29, 1.82) is 0 Å². The molecule has 0 unspecified atom stereocenters. The normalized spacial score (nSPS) is 11.2. The van der Waals surface area contributed by atoms with Gasteiger partial charge >= 0.3 is 0 Å². The molecule has 0 N–H and O–H groups in total. The van der Waals surface area contributed by atoms with E-state index in [-0.39, 0.29) is 0 Å². The Hall–Kier alpha value is -2.89. The third-order valence-corrected chi connectivity index (χ3v) is 7.61. The molecular weight excluding hydrogens is 335 g/mol. The summed E-state index contributed by atoms with van der Waals surface area (Å²) in [5, 5.41) is 2.57. The Morgan fingerprint density at radius 3 is 1.38 bits per heavy atom. The van der Waals surface area contributed by atoms with Gasteiger partial charge in [-0.15, -0.1) is 0 Å². The van der Waals surface area contributed by atoms with E-state index < -0.39 is 7.14 Å². The lowest BCUT2D eigenvalue weighted by Crippen LogP contribution is -2.25. The Bertz CT molecular complexity index is 998. The van der Waals surface area contributed by atoms with Gasteiger partial charge in [0.25, 0.3) is 0 Å². The molecule has 0 aliphatic heterocycles. The minimum Gasteiger partial charge on any atom is -0.309 e. The van der Waals surface area contributed by atoms with Crippen molar-refractivity contribution in [3.05, 3.63) is 115 Å². The molecule has 1 nitrogen and oxygen atoms in total. The number of hydrogen-bond donors (Lipinski definition) is 0. The first-order valence-electron chi connectivity index (χ1n) is 8.66. The molecule has 0 aliphatic carbocycles. The first-order valence-corrected chi connectivity index (χ1v) is 10.4. The van der Waals surface area contributed by atoms with Gasteiger partial charge in [0, 0.05) is 15.9 Å². The molecule has 0 fully saturated rings. The molecule has 4 rings (SSSR count). The van der Waals surface area contributed by atoms with Crippen LogP contribution in [0.1, 0.15) is 0 Å². The maximum Gasteiger partial charge on any atom is 0.171 e. The minimum absolute atomic E-state index is 0.858. The minimum atomic E-state index is -2.92. The van der Waals surface area contributed by atoms with Crippen LogP contribution in [0.2, 0.25) is 0 Å². The van der Waals surface area contributed by atoms with Crippen LogP contribution in [-0.2, 0) is 4.57 Å². The largest absolute Gasteiger partial charge is 0.309 e. The summed E-state index contributed by atoms with van der Waals surface area (Å²) in [5.41, 5.74) is 2.21. The Labute approximate surface area is 154 Å². The zero-order valence-electron chi connectivity index (χ0n) is 14.3. The van der Waals surface area contributed by atoms with Crippen molar-refractivity contribution < 1.29 is 4.57 Å². The van der Waals surface area contributed by atoms with Crippen molar-refractivity contribution in [3.8, 4) is 11.1 Å². The molecule has 26 heavy (non-hydrogen) atoms. The topological polar surface area (TPSA) is 17.1 Å². The van der Waals surface area contributed by atoms with E-state index in [2.05, 4.69) is 24.3 Å². The molecule has 0 atom stereocenters. The lowest BCUT2D eigenvalue weighted by molar-refractivity contribution is 0.592. The molecule has 0 saturated carbocycles. The Balaban J connectivity index is 1.93. The number of hydrogen-bond acceptors (Lipinski definition) is 1. The molecule has 4 aromatic carbocycles. The van der Waals surface area contributed by atoms with Crippen molar-refractivity contribution >= 4 is 23.1 Å². The zero-order chi connectivity index (χ0) is 17.8. The van der Waals surface area contributed by atoms with Gasteiger partial charge in [0.05, 0.1) is 0 Å². The van der Waals surface area contributed by atoms with Gasteiger partial charge < -0.3 is 4.57 Å². The van der Waals surface area contributed by atoms with E-state index in [0.717, 1.165) is 27.0 Å². The van der Waals surface area contributed by atoms with Crippen LogP contribution in [0.4, 0.5) is 0 Å². The summed E-state index contributed by atoms with van der Waals surface area (Å²) < 4.78 is 14.4. The summed E-state index contributed by atoms with van der Waals surface area (Å²) in [7, 11) is -2.92. The molecule has 0 aromatic heterocycles. The van der Waals surface area contributed by atoms with E-state index >= 15 is 0 Å². The highest BCUT2D eigenvalue weighted by Crippen LogP contribution is 2.42. The predicted molar refractivity (Wildman–Crippen MR) is 111 cm³/mol. The van der Waals surface area contributed by atoms with Gasteiger partial charge in [0.1, 0.15) is 0 Å². The third-order valence-electron chi connectivity index (χ3n) is 4.56. The fourth-order valence-electron chi connectivity index (χ4n) is 3.24. The van der Waals surface area contributed by atoms with Gasteiger partial charge in [-0.3, -0.25) is 0 Å². The van der Waals surface area contributed by atoms with Crippen LogP contribution in [-0.4, -0.2) is 0 Å². The molecule has 2 heteroatoms. The monoisotopic (exact) mass is 354 g/mol. The Morgan fingerprint density at radius 2 is 0.846 bits per heavy atom. The van der Waals surface area contributed by atoms with E-state index in [1.807, 2.05) is 91.0 Å². The van der Waals surface area contributed by atoms with Crippen molar-refractivity contribution in [1.82, 2.24) is 0 Å². The first kappa shape index (κ1) is 16.6. The van der Waals surface area contributed by atoms with Gasteiger partial charge in [-0.1, -0.05) is 109 Å². The van der Waals surface area contributed by atoms with E-state index in [0.29, 0.717) is 0 Å². The summed E-state index contributed by atoms with van der Waals surface area (Å²) in [6.45, 7) is 0. The lowest BCUT2D eigenvalue weighted by Gasteiger charge is -2.20. The van der Waals surface area contributed by atoms with Gasteiger partial charge in [0.2, 0.25) is 0 Å². The quantitative estimate of drug-likeness (QED) is 0.472. The van der Waals surface area contributed by atoms with Crippen LogP contribution >= 0.6 is 7.14 Å². The fourth-order valence-corrected chi connectivity index (χ4v) is 5.93. The van der Waals surface area contributed by atoms with E-state index in [9.17, 15) is 4.57 Å². The second kappa shape index (κ2) is 7.15. The van der Waals surface area contributed by atoms with Gasteiger partial charge in [0.15, 0.2) is 7.14 Å². The van der Waals surface area contributed by atoms with E-state index in [1.165, 1.54) is 0 Å². The van der Waals surface area contributed by atoms with Crippen LogP contribution in [0.3, 0.4) is 0 Å². The lowest BCUT2D eigenvalue weighted by atomic mass is 10.1. The molecule has 0 saturated heterocycles. The van der Waals surface area contributed by atoms with Crippen LogP contribution in [0, 0.1) is 0 Å². The standard InChI is InChI=1S/C24H19OP/c25-26(22-14-6-2-7-15-22,23-16-8-3-9-17-23)24-18-10-13-21(19-24)20-11-4-1-5-12-20/h1-19H. The summed E-state index contributed by atoms with van der Waals surface area (Å²) in [6.07, 6.45) is 0. The fraction of sp³-hybridized carbons (Fsp3) is 0. The van der Waals surface area contributed by atoms with Crippen molar-refractivity contribution in [2.24, 2.45) is 0 Å². The second-order valence-electron chi connectivity index (χ2n) is 6.20. The molecule has 0 aliphatic rings. The van der Waals surface area contributed by atoms with Crippen molar-refractivity contribution in [2.75, 3.05) is 0 Å². The highest BCUT2D eigenvalue weighted by atomic mass is 31.2. The number of rotatable bonds is 4. The smallest absolute Gasteiger partial charge is 0.171 e. The van der Waals surface area contributed by atoms with Crippen LogP contribution in [0.25, 0.3) is 11.1 Å². The summed E-state index contributed by atoms with van der Waals surface area (Å²) in [5.74, 6) is 0. The molecule has 126 valence electrons. The Kier molecular flexibility index (Phi) is 4.56. The van der Waals surface area contributed by atoms with E-state index in [4.69, 9.17) is 0 Å². The maximum absolute atomic E-state index is 14.4. The van der Waals surface area contributed by atoms with Crippen molar-refractivity contribution in [2.45, 2.75) is 0 Å². The van der Waals surface area contributed by atoms with Crippen LogP contribution < -0.4 is 15.9 Å². The van der Waals surface area contributed by atoms with Gasteiger partial charge in [-0.05, 0) is 17.2 Å². The Morgan fingerprint density at radius 1 is 0.423 bits per heavy atom. The van der Waals surface area contributed by atoms with Crippen LogP contribution in [0.5, 0.6) is 0 Å². The molecular formula is C24H19OP. The summed E-state index contributed by atoms with van der Waals surface area (Å²) in [4.78, 5) is 0. The average Bonchev–Trinajstić information content (AvgIpc) is 2.75. The van der Waals surface area contributed by atoms with Crippen LogP contribution in [0.15, 0.2) is 115 Å². The molecule has 0 heterocycles. The summed E-state index contributed by atoms with van der Waals surface area (Å²) in [6, 6.07) is 37.9. The molecule has 0 amide bonds. The second-order valence-corrected chi connectivity index (χ2v) is 8.96. The SMILES string of the molecule is O=P(c1ccccc1)(c1ccccc1)c1cccc(-c2ccccc2)c1. The molecule has 0 bridgehead atoms. The highest BCUT2D eigenvalue weighted by molar-refractivity contribution is 7.85. The first-order chi connectivity index (χ1) is 12.8. The van der Waals surface area contributed by atoms with E-state index in [1.54, 1.807) is 0 Å². The van der Waals surface area contributed by atoms with Gasteiger partial charge in [-0.25, -0.2) is 0 Å².